The van der Waals surface area contributed by atoms with Crippen molar-refractivity contribution >= 4 is 69.7 Å². The zero-order chi connectivity index (χ0) is 69.6. The smallest absolute Gasteiger partial charge is 0.478 e. The molecule has 4 amide bonds. The van der Waals surface area contributed by atoms with Crippen molar-refractivity contribution in [3.05, 3.63) is 170 Å². The van der Waals surface area contributed by atoms with E-state index in [0.29, 0.717) is 75.5 Å². The number of amides is 4. The minimum absolute atomic E-state index is 0.0744. The lowest BCUT2D eigenvalue weighted by molar-refractivity contribution is -0.126. The summed E-state index contributed by atoms with van der Waals surface area (Å²) < 4.78 is 73.1. The number of benzene rings is 4. The Labute approximate surface area is 547 Å². The Bertz CT molecular complexity index is 4430. The summed E-state index contributed by atoms with van der Waals surface area (Å²) in [6.45, 7) is 3.23. The van der Waals surface area contributed by atoms with Gasteiger partial charge in [0.25, 0.3) is 11.5 Å². The third-order valence-corrected chi connectivity index (χ3v) is 18.5. The van der Waals surface area contributed by atoms with E-state index in [4.69, 9.17) is 28.4 Å². The zero-order valence-electron chi connectivity index (χ0n) is 52.1. The Kier molecular flexibility index (Phi) is 24.4. The van der Waals surface area contributed by atoms with Gasteiger partial charge in [-0.15, -0.1) is 0 Å². The van der Waals surface area contributed by atoms with Crippen LogP contribution < -0.4 is 52.1 Å². The number of para-hydroxylation sites is 1. The van der Waals surface area contributed by atoms with Gasteiger partial charge in [0.1, 0.15) is 54.8 Å². The van der Waals surface area contributed by atoms with Gasteiger partial charge in [-0.05, 0) is 60.9 Å². The number of nitrogens with one attached hydrogen (secondary N) is 5. The first-order chi connectivity index (χ1) is 45.5. The number of hydrogen-bond acceptors (Lipinski definition) is 19. The summed E-state index contributed by atoms with van der Waals surface area (Å²) in [7, 11) is -9.41. The summed E-state index contributed by atoms with van der Waals surface area (Å²) in [6, 6.07) is 22.3. The molecule has 6 atom stereocenters. The molecule has 1 aliphatic carbocycles. The van der Waals surface area contributed by atoms with Gasteiger partial charge in [-0.2, -0.15) is 8.62 Å². The average Bonchev–Trinajstić information content (AvgIpc) is 0.836. The number of carboxylic acids is 1. The number of aromatic carboxylic acids is 1. The molecule has 4 aromatic rings. The van der Waals surface area contributed by atoms with E-state index in [0.717, 1.165) is 21.8 Å². The van der Waals surface area contributed by atoms with E-state index >= 15 is 0 Å². The van der Waals surface area contributed by atoms with Crippen LogP contribution in [0, 0.1) is 11.8 Å². The predicted molar refractivity (Wildman–Crippen MR) is 346 cm³/mol. The fourth-order valence-electron chi connectivity index (χ4n) is 10.1. The molecule has 3 aromatic carbocycles. The van der Waals surface area contributed by atoms with Crippen LogP contribution >= 0.6 is 23.5 Å². The maximum atomic E-state index is 13.5. The van der Waals surface area contributed by atoms with Gasteiger partial charge < -0.3 is 74.6 Å². The number of nitrogens with zero attached hydrogens (tertiary/aromatic N) is 3. The Balaban J connectivity index is 0.758. The number of H-pyrrole nitrogens is 1. The van der Waals surface area contributed by atoms with E-state index < -0.39 is 89.5 Å². The number of aliphatic hydroxyl groups excluding tert-OH is 1. The molecule has 8 rings (SSSR count). The summed E-state index contributed by atoms with van der Waals surface area (Å²) >= 11 is 0. The lowest BCUT2D eigenvalue weighted by Crippen LogP contribution is -2.34. The van der Waals surface area contributed by atoms with E-state index in [1.165, 1.54) is 12.1 Å². The van der Waals surface area contributed by atoms with Gasteiger partial charge in [0.15, 0.2) is 0 Å². The maximum Gasteiger partial charge on any atom is 0.490 e. The van der Waals surface area contributed by atoms with Gasteiger partial charge in [0.2, 0.25) is 23.1 Å². The number of phosphoric acid groups is 3. The molecule has 0 radical (unpaired) electrons. The summed E-state index contributed by atoms with van der Waals surface area (Å²) in [5.41, 5.74) is 2.19. The number of unbranched alkanes of at least 4 members (excludes halogenated alkanes) is 1. The molecule has 11 N–H and O–H groups in total. The lowest BCUT2D eigenvalue weighted by Gasteiger charge is -2.29. The number of phosphoric ester groups is 1. The highest BCUT2D eigenvalue weighted by molar-refractivity contribution is 7.66. The molecule has 0 saturated carbocycles. The number of ether oxygens (including phenoxy) is 3. The van der Waals surface area contributed by atoms with Gasteiger partial charge in [-0.25, -0.2) is 27.9 Å². The van der Waals surface area contributed by atoms with Crippen molar-refractivity contribution in [2.45, 2.75) is 63.0 Å². The van der Waals surface area contributed by atoms with Crippen molar-refractivity contribution in [1.82, 2.24) is 35.4 Å². The van der Waals surface area contributed by atoms with Crippen LogP contribution in [0.2, 0.25) is 0 Å². The van der Waals surface area contributed by atoms with Crippen molar-refractivity contribution < 1.29 is 99.2 Å². The maximum absolute atomic E-state index is 13.5. The molecule has 1 aromatic heterocycles. The van der Waals surface area contributed by atoms with Gasteiger partial charge in [-0.1, -0.05) is 54.8 Å². The fraction of sp³-hybridized carbons (Fsp3) is 0.323. The predicted octanol–water partition coefficient (Wildman–Crippen LogP) is 4.07. The number of carbonyl (C=O) groups is 5. The first-order valence-corrected chi connectivity index (χ1v) is 34.0. The second-order valence-corrected chi connectivity index (χ2v) is 26.4. The third kappa shape index (κ3) is 19.6. The highest BCUT2D eigenvalue weighted by Gasteiger charge is 2.43. The molecule has 510 valence electrons. The first-order valence-electron chi connectivity index (χ1n) is 29.5. The SMILES string of the molecule is C=CC1=C(/C=C\COCCCCC(=O)NCCNC(=O)c2ccc(-c3c4ccc(=[N+](C)C)cc-4oc4cc(N(C)C)ccc34)c(C(=O)O)c2)C(NC(=O)CCC(=O)NCC#Cc2cn(C3CC(O)C(COP(=O)(O)OP(=O)(O)OP(=O)(O)O)O3)c(=O)[nH]c2=O)c2ccccc2O1. The number of aliphatic hydroxyl groups is 1. The highest BCUT2D eigenvalue weighted by atomic mass is 31.3. The average molecular weight is 1390 g/mol. The molecule has 0 bridgehead atoms. The molecule has 1 fully saturated rings. The van der Waals surface area contributed by atoms with Crippen molar-refractivity contribution in [3.63, 3.8) is 0 Å². The summed E-state index contributed by atoms with van der Waals surface area (Å²) in [4.78, 5) is 131. The van der Waals surface area contributed by atoms with Gasteiger partial charge >= 0.3 is 35.1 Å². The van der Waals surface area contributed by atoms with E-state index in [1.54, 1.807) is 48.6 Å². The molecule has 0 spiro atoms. The van der Waals surface area contributed by atoms with Crippen LogP contribution in [0.5, 0.6) is 5.75 Å². The molecule has 4 heterocycles. The van der Waals surface area contributed by atoms with Gasteiger partial charge in [-0.3, -0.25) is 38.0 Å². The molecule has 96 heavy (non-hydrogen) atoms. The number of fused-ring (bicyclic) bond motifs is 3. The number of aromatic nitrogens is 2. The van der Waals surface area contributed by atoms with Crippen LogP contribution in [0.1, 0.15) is 82.6 Å². The van der Waals surface area contributed by atoms with Crippen LogP contribution in [0.15, 0.2) is 135 Å². The number of anilines is 1. The van der Waals surface area contributed by atoms with Crippen molar-refractivity contribution in [2.24, 2.45) is 0 Å². The zero-order valence-corrected chi connectivity index (χ0v) is 54.8. The first kappa shape index (κ1) is 72.9. The highest BCUT2D eigenvalue weighted by Crippen LogP contribution is 2.66. The Morgan fingerprint density at radius 1 is 0.865 bits per heavy atom. The Hall–Kier alpha value is -8.95. The number of hydrogen-bond donors (Lipinski definition) is 11. The van der Waals surface area contributed by atoms with Crippen LogP contribution in [0.4, 0.5) is 5.69 Å². The van der Waals surface area contributed by atoms with Crippen LogP contribution in [-0.2, 0) is 50.7 Å². The number of rotatable bonds is 29. The van der Waals surface area contributed by atoms with E-state index in [2.05, 4.69) is 52.8 Å². The topological polar surface area (TPSA) is 436 Å². The molecular weight excluding hydrogens is 1320 g/mol. The molecule has 6 unspecified atom stereocenters. The summed E-state index contributed by atoms with van der Waals surface area (Å²) in [5.74, 6) is 3.40. The van der Waals surface area contributed by atoms with Gasteiger partial charge in [0.05, 0.1) is 43.5 Å². The second kappa shape index (κ2) is 32.2. The minimum Gasteiger partial charge on any atom is -0.478 e. The normalized spacial score (nSPS) is 17.3. The van der Waals surface area contributed by atoms with Crippen LogP contribution in [0.25, 0.3) is 33.4 Å². The molecule has 34 heteroatoms. The Morgan fingerprint density at radius 2 is 1.59 bits per heavy atom. The quantitative estimate of drug-likeness (QED) is 0.0104. The lowest BCUT2D eigenvalue weighted by atomic mass is 9.89. The molecule has 31 nitrogen and oxygen atoms in total. The van der Waals surface area contributed by atoms with E-state index in [-0.39, 0.29) is 74.5 Å². The van der Waals surface area contributed by atoms with E-state index in [9.17, 15) is 67.3 Å². The van der Waals surface area contributed by atoms with Crippen LogP contribution in [0.3, 0.4) is 0 Å². The largest absolute Gasteiger partial charge is 0.490 e. The summed E-state index contributed by atoms with van der Waals surface area (Å²) in [5, 5.41) is 33.6. The summed E-state index contributed by atoms with van der Waals surface area (Å²) in [6.07, 6.45) is 1.95. The van der Waals surface area contributed by atoms with Crippen molar-refractivity contribution in [2.75, 3.05) is 72.5 Å². The van der Waals surface area contributed by atoms with Crippen LogP contribution in [-0.4, -0.2) is 149 Å². The third-order valence-electron chi connectivity index (χ3n) is 14.7. The number of carbonyl (C=O) groups excluding carboxylic acids is 4. The number of allylic oxidation sites excluding steroid dienone is 1. The Morgan fingerprint density at radius 3 is 2.32 bits per heavy atom. The minimum atomic E-state index is -5.83. The standard InChI is InChI=1S/C62H69N8O23P3/c1-6-48-44(15-12-30-87-29-10-9-17-53(72)64-27-28-65-59(75)37-18-21-41(46(31-37)61(77)78)57-42-22-19-39(68(2)3)32-50(42)90-51-33-40(69(4)5)20-23-43(51)57)58(45-14-7-8-16-49(45)89-48)66-55(74)25-24-54(73)63-26-11-13-38-35-70(62(79)67-60(38)76)56-34-47(71)52(91-56)36-88-95(83,84)93-96(85,86)92-94(80,81)82/h6-8,12,14-16,18-23,31-33,35,47,52,56,58,71H,1,9-10,17,24-30,34,36H2,2-5H3,(H9-,63,64,65,66,67,72,73,74,75,76,77,78,79,80,81,82,83,84,85,86)/p+1/b15-12-. The van der Waals surface area contributed by atoms with Crippen molar-refractivity contribution in [1.29, 1.82) is 0 Å². The van der Waals surface area contributed by atoms with Gasteiger partial charge in [0, 0.05) is 117 Å². The fourth-order valence-corrected chi connectivity index (χ4v) is 13.1. The number of aromatic amines is 1. The van der Waals surface area contributed by atoms with E-state index in [1.807, 2.05) is 79.0 Å². The molecular formula is C62H70N8O23P3+. The molecule has 3 aliphatic heterocycles. The number of carboxylic acid groups (broad SMARTS) is 1. The molecule has 4 aliphatic rings. The van der Waals surface area contributed by atoms with Crippen molar-refractivity contribution in [3.8, 4) is 40.0 Å². The molecule has 1 saturated heterocycles. The second-order valence-electron chi connectivity index (χ2n) is 22.0. The monoisotopic (exact) mass is 1390 g/mol.